The number of aromatic nitrogens is 1. The fourth-order valence-corrected chi connectivity index (χ4v) is 2.39. The van der Waals surface area contributed by atoms with Crippen LogP contribution in [0.3, 0.4) is 0 Å². The molecule has 1 heterocycles. The first-order valence-electron chi connectivity index (χ1n) is 7.13. The summed E-state index contributed by atoms with van der Waals surface area (Å²) in [5.74, 6) is -0.816. The first kappa shape index (κ1) is 15.3. The number of para-hydroxylation sites is 1. The van der Waals surface area contributed by atoms with Crippen LogP contribution in [0, 0.1) is 0 Å². The fourth-order valence-electron chi connectivity index (χ4n) is 2.39. The summed E-state index contributed by atoms with van der Waals surface area (Å²) in [5, 5.41) is 9.75. The zero-order valence-corrected chi connectivity index (χ0v) is 11.8. The van der Waals surface area contributed by atoms with Gasteiger partial charge in [-0.3, -0.25) is 9.59 Å². The van der Waals surface area contributed by atoms with Gasteiger partial charge in [0.1, 0.15) is 11.8 Å². The summed E-state index contributed by atoms with van der Waals surface area (Å²) in [7, 11) is 0. The second-order valence-corrected chi connectivity index (χ2v) is 5.27. The number of hydrogen-bond donors (Lipinski definition) is 3. The van der Waals surface area contributed by atoms with E-state index in [1.807, 2.05) is 30.5 Å². The number of carbonyl (C=O) groups excluding carboxylic acids is 1. The Kier molecular flexibility index (Phi) is 5.11. The molecule has 1 aromatic carbocycles. The van der Waals surface area contributed by atoms with Gasteiger partial charge in [-0.1, -0.05) is 24.6 Å². The third-order valence-corrected chi connectivity index (χ3v) is 3.60. The van der Waals surface area contributed by atoms with Crippen molar-refractivity contribution in [1.82, 2.24) is 4.98 Å². The number of aromatic amines is 1. The van der Waals surface area contributed by atoms with Crippen LogP contribution in [0.5, 0.6) is 0 Å². The van der Waals surface area contributed by atoms with E-state index < -0.39 is 12.0 Å². The van der Waals surface area contributed by atoms with E-state index in [0.717, 1.165) is 16.5 Å². The van der Waals surface area contributed by atoms with Crippen molar-refractivity contribution in [3.8, 4) is 0 Å². The summed E-state index contributed by atoms with van der Waals surface area (Å²) in [6.45, 7) is 0. The topological polar surface area (TPSA) is 96.2 Å². The number of unbranched alkanes of at least 4 members (excludes halogenated alkanes) is 1. The molecule has 5 heteroatoms. The summed E-state index contributed by atoms with van der Waals surface area (Å²) in [6.07, 6.45) is 4.51. The number of nitrogens with two attached hydrogens (primary N) is 1. The molecule has 2 aromatic rings. The molecule has 0 spiro atoms. The molecule has 0 fully saturated rings. The van der Waals surface area contributed by atoms with Crippen molar-refractivity contribution in [3.63, 3.8) is 0 Å². The minimum absolute atomic E-state index is 0.170. The number of fused-ring (bicyclic) bond motifs is 1. The lowest BCUT2D eigenvalue weighted by molar-refractivity contribution is -0.138. The minimum atomic E-state index is -0.986. The lowest BCUT2D eigenvalue weighted by Gasteiger charge is -2.05. The predicted molar refractivity (Wildman–Crippen MR) is 81.1 cm³/mol. The van der Waals surface area contributed by atoms with E-state index in [1.165, 1.54) is 0 Å². The quantitative estimate of drug-likeness (QED) is 0.649. The van der Waals surface area contributed by atoms with Gasteiger partial charge in [0, 0.05) is 29.9 Å². The van der Waals surface area contributed by atoms with Crippen molar-refractivity contribution in [3.05, 3.63) is 36.0 Å². The number of carboxylic acids is 1. The van der Waals surface area contributed by atoms with Crippen molar-refractivity contribution in [2.75, 3.05) is 0 Å². The largest absolute Gasteiger partial charge is 0.480 e. The number of carboxylic acid groups (broad SMARTS) is 1. The molecule has 5 nitrogen and oxygen atoms in total. The van der Waals surface area contributed by atoms with Crippen molar-refractivity contribution in [2.45, 2.75) is 38.1 Å². The number of rotatable bonds is 8. The van der Waals surface area contributed by atoms with E-state index in [9.17, 15) is 9.59 Å². The maximum Gasteiger partial charge on any atom is 0.320 e. The Morgan fingerprint density at radius 1 is 1.24 bits per heavy atom. The Balaban J connectivity index is 1.78. The van der Waals surface area contributed by atoms with Gasteiger partial charge >= 0.3 is 5.97 Å². The molecule has 112 valence electrons. The van der Waals surface area contributed by atoms with Crippen LogP contribution in [0.1, 0.15) is 31.2 Å². The number of nitrogens with one attached hydrogen (secondary N) is 1. The lowest BCUT2D eigenvalue weighted by Crippen LogP contribution is -2.29. The Hall–Kier alpha value is -2.14. The molecule has 21 heavy (non-hydrogen) atoms. The van der Waals surface area contributed by atoms with E-state index in [2.05, 4.69) is 4.98 Å². The van der Waals surface area contributed by atoms with E-state index in [1.54, 1.807) is 0 Å². The third-order valence-electron chi connectivity index (χ3n) is 3.60. The molecule has 0 saturated heterocycles. The van der Waals surface area contributed by atoms with Gasteiger partial charge in [-0.25, -0.2) is 0 Å². The second-order valence-electron chi connectivity index (χ2n) is 5.27. The number of H-pyrrole nitrogens is 1. The molecule has 0 bridgehead atoms. The van der Waals surface area contributed by atoms with Gasteiger partial charge in [0.25, 0.3) is 0 Å². The van der Waals surface area contributed by atoms with Crippen LogP contribution in [0.4, 0.5) is 0 Å². The molecular formula is C16H20N2O3. The molecule has 0 aliphatic heterocycles. The van der Waals surface area contributed by atoms with Gasteiger partial charge in [-0.15, -0.1) is 0 Å². The van der Waals surface area contributed by atoms with Crippen LogP contribution in [0.25, 0.3) is 10.9 Å². The number of benzene rings is 1. The summed E-state index contributed by atoms with van der Waals surface area (Å²) >= 11 is 0. The Morgan fingerprint density at radius 3 is 2.76 bits per heavy atom. The molecule has 1 aromatic heterocycles. The van der Waals surface area contributed by atoms with Gasteiger partial charge in [-0.2, -0.15) is 0 Å². The number of Topliss-reactive ketones (excluding diaryl/α,β-unsaturated/α-hetero) is 1. The standard InChI is InChI=1S/C16H20N2O3/c17-14(16(20)21)7-3-1-5-12(19)9-11-10-18-15-8-4-2-6-13(11)15/h2,4,6,8,10,14,18H,1,3,5,7,9,17H2,(H,20,21). The first-order valence-corrected chi connectivity index (χ1v) is 7.13. The highest BCUT2D eigenvalue weighted by molar-refractivity contribution is 5.89. The van der Waals surface area contributed by atoms with Crippen LogP contribution < -0.4 is 5.73 Å². The average Bonchev–Trinajstić information content (AvgIpc) is 2.86. The van der Waals surface area contributed by atoms with Crippen molar-refractivity contribution >= 4 is 22.7 Å². The smallest absolute Gasteiger partial charge is 0.320 e. The molecule has 0 aliphatic rings. The zero-order valence-electron chi connectivity index (χ0n) is 11.8. The Morgan fingerprint density at radius 2 is 2.00 bits per heavy atom. The maximum atomic E-state index is 12.0. The Bertz CT molecular complexity index is 633. The molecule has 1 unspecified atom stereocenters. The number of carbonyl (C=O) groups is 2. The molecule has 0 radical (unpaired) electrons. The van der Waals surface area contributed by atoms with E-state index in [-0.39, 0.29) is 5.78 Å². The summed E-state index contributed by atoms with van der Waals surface area (Å²) in [5.41, 5.74) is 7.46. The third kappa shape index (κ3) is 4.16. The molecule has 4 N–H and O–H groups in total. The summed E-state index contributed by atoms with van der Waals surface area (Å²) in [6, 6.07) is 7.07. The van der Waals surface area contributed by atoms with Crippen LogP contribution in [-0.4, -0.2) is 27.9 Å². The zero-order chi connectivity index (χ0) is 15.2. The highest BCUT2D eigenvalue weighted by Crippen LogP contribution is 2.19. The highest BCUT2D eigenvalue weighted by atomic mass is 16.4. The maximum absolute atomic E-state index is 12.0. The van der Waals surface area contributed by atoms with Crippen molar-refractivity contribution < 1.29 is 14.7 Å². The van der Waals surface area contributed by atoms with Crippen molar-refractivity contribution in [1.29, 1.82) is 0 Å². The van der Waals surface area contributed by atoms with Crippen molar-refractivity contribution in [2.24, 2.45) is 5.73 Å². The fraction of sp³-hybridized carbons (Fsp3) is 0.375. The highest BCUT2D eigenvalue weighted by Gasteiger charge is 2.12. The SMILES string of the molecule is NC(CCCCC(=O)Cc1c[nH]c2ccccc12)C(=O)O. The van der Waals surface area contributed by atoms with Gasteiger partial charge < -0.3 is 15.8 Å². The van der Waals surface area contributed by atoms with Gasteiger partial charge in [0.05, 0.1) is 0 Å². The predicted octanol–water partition coefficient (Wildman–Crippen LogP) is 2.25. The lowest BCUT2D eigenvalue weighted by atomic mass is 10.0. The molecular weight excluding hydrogens is 268 g/mol. The van der Waals surface area contributed by atoms with Gasteiger partial charge in [0.2, 0.25) is 0 Å². The van der Waals surface area contributed by atoms with E-state index in [0.29, 0.717) is 32.1 Å². The number of ketones is 1. The average molecular weight is 288 g/mol. The molecule has 0 amide bonds. The van der Waals surface area contributed by atoms with Crippen LogP contribution >= 0.6 is 0 Å². The number of hydrogen-bond acceptors (Lipinski definition) is 3. The molecule has 0 aliphatic carbocycles. The molecule has 1 atom stereocenters. The summed E-state index contributed by atoms with van der Waals surface area (Å²) < 4.78 is 0. The second kappa shape index (κ2) is 7.04. The van der Waals surface area contributed by atoms with Crippen LogP contribution in [0.2, 0.25) is 0 Å². The monoisotopic (exact) mass is 288 g/mol. The Labute approximate surface area is 123 Å². The van der Waals surface area contributed by atoms with E-state index in [4.69, 9.17) is 10.8 Å². The van der Waals surface area contributed by atoms with Crippen LogP contribution in [-0.2, 0) is 16.0 Å². The summed E-state index contributed by atoms with van der Waals surface area (Å²) in [4.78, 5) is 25.7. The molecule has 2 rings (SSSR count). The van der Waals surface area contributed by atoms with Gasteiger partial charge in [0.15, 0.2) is 0 Å². The van der Waals surface area contributed by atoms with Crippen LogP contribution in [0.15, 0.2) is 30.5 Å². The normalized spacial score (nSPS) is 12.4. The van der Waals surface area contributed by atoms with Gasteiger partial charge in [-0.05, 0) is 24.5 Å². The minimum Gasteiger partial charge on any atom is -0.480 e. The number of aliphatic carboxylic acids is 1. The van der Waals surface area contributed by atoms with E-state index >= 15 is 0 Å². The first-order chi connectivity index (χ1) is 10.1. The molecule has 0 saturated carbocycles.